The molecule has 2 N–H and O–H groups in total. The van der Waals surface area contributed by atoms with Gasteiger partial charge in [0.25, 0.3) is 0 Å². The van der Waals surface area contributed by atoms with Gasteiger partial charge in [-0.1, -0.05) is 13.1 Å². The summed E-state index contributed by atoms with van der Waals surface area (Å²) in [7, 11) is -1.34. The van der Waals surface area contributed by atoms with Crippen LogP contribution >= 0.6 is 0 Å². The second-order valence-corrected chi connectivity index (χ2v) is 17.1. The summed E-state index contributed by atoms with van der Waals surface area (Å²) in [5, 5.41) is 7.76. The molecule has 0 aromatic carbocycles. The molecule has 2 aliphatic heterocycles. The molecule has 0 amide bonds. The fourth-order valence-corrected chi connectivity index (χ4v) is 10.8. The lowest BCUT2D eigenvalue weighted by Crippen LogP contribution is -2.63. The summed E-state index contributed by atoms with van der Waals surface area (Å²) < 4.78 is 0. The van der Waals surface area contributed by atoms with Crippen LogP contribution in [0, 0.1) is 0 Å². The fourth-order valence-electron chi connectivity index (χ4n) is 6.03. The van der Waals surface area contributed by atoms with Crippen LogP contribution in [0.15, 0.2) is 0 Å². The Bertz CT molecular complexity index is 377. The van der Waals surface area contributed by atoms with Crippen molar-refractivity contribution in [1.29, 1.82) is 0 Å². The molecular formula is C20H42N2Si. The fraction of sp³-hybridized carbons (Fsp3) is 1.00. The molecule has 23 heavy (non-hydrogen) atoms. The van der Waals surface area contributed by atoms with Crippen molar-refractivity contribution in [3.05, 3.63) is 0 Å². The smallest absolute Gasteiger partial charge is 0.0538 e. The van der Waals surface area contributed by atoms with E-state index in [0.29, 0.717) is 0 Å². The Balaban J connectivity index is 2.26. The van der Waals surface area contributed by atoms with Gasteiger partial charge in [-0.15, -0.1) is 0 Å². The Labute approximate surface area is 146 Å². The summed E-state index contributed by atoms with van der Waals surface area (Å²) in [6.07, 6.45) is 5.39. The van der Waals surface area contributed by atoms with Gasteiger partial charge in [0.2, 0.25) is 0 Å². The van der Waals surface area contributed by atoms with E-state index in [2.05, 4.69) is 79.1 Å². The number of nitrogens with one attached hydrogen (secondary N) is 2. The van der Waals surface area contributed by atoms with Crippen LogP contribution in [-0.2, 0) is 0 Å². The van der Waals surface area contributed by atoms with E-state index in [1.165, 1.54) is 25.7 Å². The highest BCUT2D eigenvalue weighted by atomic mass is 28.3. The van der Waals surface area contributed by atoms with Gasteiger partial charge in [-0.25, -0.2) is 0 Å². The highest BCUT2D eigenvalue weighted by Gasteiger charge is 2.51. The number of rotatable bonds is 2. The maximum absolute atomic E-state index is 3.88. The Kier molecular flexibility index (Phi) is 4.71. The second kappa shape index (κ2) is 5.57. The van der Waals surface area contributed by atoms with Gasteiger partial charge in [-0.2, -0.15) is 0 Å². The van der Waals surface area contributed by atoms with E-state index in [0.717, 1.165) is 11.1 Å². The quantitative estimate of drug-likeness (QED) is 0.666. The summed E-state index contributed by atoms with van der Waals surface area (Å²) in [4.78, 5) is 0. The van der Waals surface area contributed by atoms with Gasteiger partial charge in [-0.05, 0) is 92.2 Å². The summed E-state index contributed by atoms with van der Waals surface area (Å²) in [6, 6.07) is 0. The molecule has 2 saturated heterocycles. The zero-order valence-electron chi connectivity index (χ0n) is 17.5. The minimum absolute atomic E-state index is 0.272. The largest absolute Gasteiger partial charge is 0.307 e. The minimum atomic E-state index is -1.34. The molecule has 0 bridgehead atoms. The lowest BCUT2D eigenvalue weighted by atomic mass is 9.82. The molecular weight excluding hydrogens is 296 g/mol. The molecule has 2 nitrogen and oxygen atoms in total. The molecule has 0 unspecified atom stereocenters. The average molecular weight is 339 g/mol. The lowest BCUT2D eigenvalue weighted by molar-refractivity contribution is 0.166. The molecule has 2 heterocycles. The molecule has 0 spiro atoms. The van der Waals surface area contributed by atoms with E-state index in [1.54, 1.807) is 0 Å². The molecule has 0 saturated carbocycles. The first-order valence-corrected chi connectivity index (χ1v) is 12.8. The van der Waals surface area contributed by atoms with Crippen molar-refractivity contribution in [2.75, 3.05) is 0 Å². The Hall–Kier alpha value is 0.137. The molecule has 2 fully saturated rings. The predicted octanol–water partition coefficient (Wildman–Crippen LogP) is 5.32. The number of piperidine rings is 2. The molecule has 0 atom stereocenters. The maximum atomic E-state index is 3.88. The third-order valence-corrected chi connectivity index (χ3v) is 11.5. The highest BCUT2D eigenvalue weighted by Crippen LogP contribution is 2.52. The normalized spacial score (nSPS) is 31.0. The summed E-state index contributed by atoms with van der Waals surface area (Å²) in [5.74, 6) is 0. The van der Waals surface area contributed by atoms with Crippen LogP contribution in [0.2, 0.25) is 24.2 Å². The summed E-state index contributed by atoms with van der Waals surface area (Å²) in [6.45, 7) is 24.6. The standard InChI is InChI=1S/C20H42N2Si/c1-17(2)11-15(12-18(3,4)21-17)23(9,10)16-13-19(5,6)22-20(7,8)14-16/h15-16,21-22H,11-14H2,1-10H3. The first-order chi connectivity index (χ1) is 10.0. The van der Waals surface area contributed by atoms with Crippen LogP contribution in [-0.4, -0.2) is 30.2 Å². The van der Waals surface area contributed by atoms with Gasteiger partial charge in [-0.3, -0.25) is 0 Å². The van der Waals surface area contributed by atoms with Gasteiger partial charge >= 0.3 is 0 Å². The van der Waals surface area contributed by atoms with E-state index < -0.39 is 8.07 Å². The Morgan fingerprint density at radius 2 is 0.783 bits per heavy atom. The SMILES string of the molecule is CC1(C)CC([Si](C)(C)C2CC(C)(C)NC(C)(C)C2)CC(C)(C)N1. The molecule has 0 radical (unpaired) electrons. The van der Waals surface area contributed by atoms with Gasteiger partial charge in [0.1, 0.15) is 0 Å². The van der Waals surface area contributed by atoms with Crippen LogP contribution in [0.4, 0.5) is 0 Å². The van der Waals surface area contributed by atoms with E-state index in [9.17, 15) is 0 Å². The topological polar surface area (TPSA) is 24.1 Å². The molecule has 136 valence electrons. The Morgan fingerprint density at radius 1 is 0.565 bits per heavy atom. The van der Waals surface area contributed by atoms with Crippen molar-refractivity contribution >= 4 is 8.07 Å². The van der Waals surface area contributed by atoms with Crippen LogP contribution in [0.5, 0.6) is 0 Å². The highest BCUT2D eigenvalue weighted by molar-refractivity contribution is 6.80. The van der Waals surface area contributed by atoms with Crippen molar-refractivity contribution in [2.45, 2.75) is 127 Å². The third-order valence-electron chi connectivity index (χ3n) is 6.48. The van der Waals surface area contributed by atoms with Gasteiger partial charge in [0.15, 0.2) is 0 Å². The van der Waals surface area contributed by atoms with E-state index in [-0.39, 0.29) is 22.2 Å². The van der Waals surface area contributed by atoms with Crippen LogP contribution < -0.4 is 10.6 Å². The molecule has 2 rings (SSSR count). The zero-order chi connectivity index (χ0) is 17.9. The van der Waals surface area contributed by atoms with Crippen molar-refractivity contribution in [3.8, 4) is 0 Å². The van der Waals surface area contributed by atoms with Crippen molar-refractivity contribution in [1.82, 2.24) is 10.6 Å². The maximum Gasteiger partial charge on any atom is 0.0538 e. The molecule has 0 aromatic heterocycles. The van der Waals surface area contributed by atoms with Gasteiger partial charge < -0.3 is 10.6 Å². The predicted molar refractivity (Wildman–Crippen MR) is 106 cm³/mol. The van der Waals surface area contributed by atoms with E-state index in [1.807, 2.05) is 0 Å². The van der Waals surface area contributed by atoms with E-state index >= 15 is 0 Å². The third kappa shape index (κ3) is 4.61. The summed E-state index contributed by atoms with van der Waals surface area (Å²) >= 11 is 0. The van der Waals surface area contributed by atoms with E-state index in [4.69, 9.17) is 0 Å². The minimum Gasteiger partial charge on any atom is -0.307 e. The van der Waals surface area contributed by atoms with Crippen molar-refractivity contribution < 1.29 is 0 Å². The molecule has 0 aliphatic carbocycles. The van der Waals surface area contributed by atoms with Crippen LogP contribution in [0.1, 0.15) is 81.1 Å². The monoisotopic (exact) mass is 338 g/mol. The van der Waals surface area contributed by atoms with Gasteiger partial charge in [0.05, 0.1) is 8.07 Å². The average Bonchev–Trinajstić information content (AvgIpc) is 2.19. The number of hydrogen-bond donors (Lipinski definition) is 2. The first kappa shape index (κ1) is 19.5. The molecule has 2 aliphatic rings. The summed E-state index contributed by atoms with van der Waals surface area (Å²) in [5.41, 5.74) is 2.93. The van der Waals surface area contributed by atoms with Crippen molar-refractivity contribution in [3.63, 3.8) is 0 Å². The molecule has 3 heteroatoms. The van der Waals surface area contributed by atoms with Crippen molar-refractivity contribution in [2.24, 2.45) is 0 Å². The number of hydrogen-bond acceptors (Lipinski definition) is 2. The van der Waals surface area contributed by atoms with Crippen LogP contribution in [0.3, 0.4) is 0 Å². The lowest BCUT2D eigenvalue weighted by Gasteiger charge is -2.56. The first-order valence-electron chi connectivity index (χ1n) is 9.62. The molecule has 0 aromatic rings. The van der Waals surface area contributed by atoms with Gasteiger partial charge in [0, 0.05) is 22.2 Å². The second-order valence-electron chi connectivity index (χ2n) is 11.8. The van der Waals surface area contributed by atoms with Crippen LogP contribution in [0.25, 0.3) is 0 Å². The Morgan fingerprint density at radius 3 is 1.00 bits per heavy atom. The zero-order valence-corrected chi connectivity index (χ0v) is 18.5.